The van der Waals surface area contributed by atoms with Gasteiger partial charge in [0.2, 0.25) is 0 Å². The Hall–Kier alpha value is -1.34. The smallest absolute Gasteiger partial charge is 0.150 e. The number of benzene rings is 1. The van der Waals surface area contributed by atoms with Crippen LogP contribution in [-0.4, -0.2) is 58.7 Å². The first-order valence-corrected chi connectivity index (χ1v) is 7.69. The molecule has 2 aliphatic rings. The summed E-state index contributed by atoms with van der Waals surface area (Å²) >= 11 is 0. The SMILES string of the molecule is O=Cc1ccc(F)c(C(O)N2CCN(C(O)C3CC3)CC2)c1. The molecule has 5 nitrogen and oxygen atoms in total. The van der Waals surface area contributed by atoms with Crippen LogP contribution in [0, 0.1) is 11.7 Å². The summed E-state index contributed by atoms with van der Waals surface area (Å²) in [5.74, 6) is -0.128. The van der Waals surface area contributed by atoms with E-state index in [0.717, 1.165) is 12.8 Å². The minimum absolute atomic E-state index is 0.126. The zero-order valence-corrected chi connectivity index (χ0v) is 12.4. The summed E-state index contributed by atoms with van der Waals surface area (Å²) in [5.41, 5.74) is 0.471. The standard InChI is InChI=1S/C16H21FN2O3/c17-14-4-1-11(10-20)9-13(14)16(22)19-7-5-18(6-8-19)15(21)12-2-3-12/h1,4,9-10,12,15-16,21-22H,2-3,5-8H2. The molecule has 2 fully saturated rings. The molecule has 0 bridgehead atoms. The van der Waals surface area contributed by atoms with Crippen molar-refractivity contribution in [3.05, 3.63) is 35.1 Å². The molecule has 1 aromatic rings. The summed E-state index contributed by atoms with van der Waals surface area (Å²) in [7, 11) is 0. The molecule has 2 unspecified atom stereocenters. The molecule has 0 aromatic heterocycles. The molecule has 0 spiro atoms. The molecule has 2 N–H and O–H groups in total. The van der Waals surface area contributed by atoms with Crippen LogP contribution in [0.25, 0.3) is 0 Å². The molecule has 1 heterocycles. The van der Waals surface area contributed by atoms with Gasteiger partial charge in [0.1, 0.15) is 24.6 Å². The number of halogens is 1. The number of hydrogen-bond acceptors (Lipinski definition) is 5. The largest absolute Gasteiger partial charge is 0.378 e. The van der Waals surface area contributed by atoms with Crippen molar-refractivity contribution >= 4 is 6.29 Å². The van der Waals surface area contributed by atoms with Crippen molar-refractivity contribution in [3.63, 3.8) is 0 Å². The van der Waals surface area contributed by atoms with Crippen molar-refractivity contribution in [2.75, 3.05) is 26.2 Å². The zero-order valence-electron chi connectivity index (χ0n) is 12.4. The predicted molar refractivity (Wildman–Crippen MR) is 78.6 cm³/mol. The van der Waals surface area contributed by atoms with Crippen LogP contribution in [-0.2, 0) is 0 Å². The Labute approximate surface area is 129 Å². The molecule has 1 saturated heterocycles. The van der Waals surface area contributed by atoms with E-state index in [4.69, 9.17) is 0 Å². The molecule has 1 aliphatic heterocycles. The highest BCUT2D eigenvalue weighted by atomic mass is 19.1. The summed E-state index contributed by atoms with van der Waals surface area (Å²) < 4.78 is 13.9. The molecule has 0 radical (unpaired) electrons. The second kappa shape index (κ2) is 6.42. The van der Waals surface area contributed by atoms with Crippen LogP contribution >= 0.6 is 0 Å². The lowest BCUT2D eigenvalue weighted by molar-refractivity contribution is -0.0782. The number of rotatable bonds is 5. The Kier molecular flexibility index (Phi) is 4.54. The summed E-state index contributed by atoms with van der Waals surface area (Å²) in [6.45, 7) is 2.39. The molecule has 1 saturated carbocycles. The molecule has 22 heavy (non-hydrogen) atoms. The number of piperazine rings is 1. The van der Waals surface area contributed by atoms with E-state index in [0.29, 0.717) is 43.9 Å². The van der Waals surface area contributed by atoms with Crippen molar-refractivity contribution in [1.82, 2.24) is 9.80 Å². The van der Waals surface area contributed by atoms with Crippen LogP contribution in [0.5, 0.6) is 0 Å². The van der Waals surface area contributed by atoms with Gasteiger partial charge in [0, 0.05) is 37.3 Å². The Morgan fingerprint density at radius 3 is 2.36 bits per heavy atom. The lowest BCUT2D eigenvalue weighted by Gasteiger charge is -2.39. The number of aliphatic hydroxyl groups is 2. The summed E-state index contributed by atoms with van der Waals surface area (Å²) in [4.78, 5) is 14.6. The minimum Gasteiger partial charge on any atom is -0.378 e. The second-order valence-corrected chi connectivity index (χ2v) is 6.10. The highest BCUT2D eigenvalue weighted by Gasteiger charge is 2.36. The highest BCUT2D eigenvalue weighted by Crippen LogP contribution is 2.34. The topological polar surface area (TPSA) is 64.0 Å². The lowest BCUT2D eigenvalue weighted by Crippen LogP contribution is -2.51. The van der Waals surface area contributed by atoms with Crippen LogP contribution in [0.2, 0.25) is 0 Å². The molecule has 0 amide bonds. The quantitative estimate of drug-likeness (QED) is 0.794. The Morgan fingerprint density at radius 2 is 1.77 bits per heavy atom. The fourth-order valence-corrected chi connectivity index (χ4v) is 2.97. The third-order valence-corrected chi connectivity index (χ3v) is 4.55. The van der Waals surface area contributed by atoms with Crippen LogP contribution in [0.1, 0.15) is 35.0 Å². The lowest BCUT2D eigenvalue weighted by atomic mass is 10.1. The third-order valence-electron chi connectivity index (χ3n) is 4.55. The van der Waals surface area contributed by atoms with Crippen molar-refractivity contribution in [2.24, 2.45) is 5.92 Å². The van der Waals surface area contributed by atoms with E-state index in [1.54, 1.807) is 4.90 Å². The molecule has 120 valence electrons. The highest BCUT2D eigenvalue weighted by molar-refractivity contribution is 5.75. The van der Waals surface area contributed by atoms with Crippen LogP contribution in [0.15, 0.2) is 18.2 Å². The Balaban J connectivity index is 1.64. The first-order chi connectivity index (χ1) is 10.6. The van der Waals surface area contributed by atoms with E-state index in [9.17, 15) is 19.4 Å². The van der Waals surface area contributed by atoms with Crippen molar-refractivity contribution in [1.29, 1.82) is 0 Å². The van der Waals surface area contributed by atoms with Gasteiger partial charge >= 0.3 is 0 Å². The van der Waals surface area contributed by atoms with E-state index in [-0.39, 0.29) is 5.56 Å². The van der Waals surface area contributed by atoms with Crippen molar-refractivity contribution in [2.45, 2.75) is 25.3 Å². The maximum absolute atomic E-state index is 13.9. The number of carbonyl (C=O) groups excluding carboxylic acids is 1. The summed E-state index contributed by atoms with van der Waals surface area (Å²) in [5, 5.41) is 20.5. The maximum Gasteiger partial charge on any atom is 0.150 e. The second-order valence-electron chi connectivity index (χ2n) is 6.10. The predicted octanol–water partition coefficient (Wildman–Crippen LogP) is 0.975. The van der Waals surface area contributed by atoms with E-state index in [1.165, 1.54) is 18.2 Å². The van der Waals surface area contributed by atoms with Crippen molar-refractivity contribution in [3.8, 4) is 0 Å². The van der Waals surface area contributed by atoms with Gasteiger partial charge in [0.25, 0.3) is 0 Å². The molecule has 6 heteroatoms. The van der Waals surface area contributed by atoms with E-state index in [2.05, 4.69) is 0 Å². The van der Waals surface area contributed by atoms with Gasteiger partial charge in [-0.15, -0.1) is 0 Å². The van der Waals surface area contributed by atoms with Gasteiger partial charge in [-0.25, -0.2) is 4.39 Å². The average molecular weight is 308 g/mol. The first-order valence-electron chi connectivity index (χ1n) is 7.69. The van der Waals surface area contributed by atoms with Gasteiger partial charge in [-0.05, 0) is 37.0 Å². The minimum atomic E-state index is -1.07. The molecular weight excluding hydrogens is 287 g/mol. The van der Waals surface area contributed by atoms with Crippen molar-refractivity contribution < 1.29 is 19.4 Å². The van der Waals surface area contributed by atoms with Crippen LogP contribution in [0.4, 0.5) is 4.39 Å². The van der Waals surface area contributed by atoms with E-state index >= 15 is 0 Å². The van der Waals surface area contributed by atoms with Gasteiger partial charge < -0.3 is 10.2 Å². The normalized spacial score (nSPS) is 23.2. The molecule has 2 atom stereocenters. The number of carbonyl (C=O) groups is 1. The molecule has 3 rings (SSSR count). The van der Waals surface area contributed by atoms with Gasteiger partial charge in [-0.2, -0.15) is 0 Å². The van der Waals surface area contributed by atoms with Crippen LogP contribution < -0.4 is 0 Å². The Bertz CT molecular complexity index is 542. The fourth-order valence-electron chi connectivity index (χ4n) is 2.97. The maximum atomic E-state index is 13.9. The van der Waals surface area contributed by atoms with Gasteiger partial charge in [-0.1, -0.05) is 0 Å². The number of hydrogen-bond donors (Lipinski definition) is 2. The average Bonchev–Trinajstić information content (AvgIpc) is 3.39. The number of aldehydes is 1. The number of aliphatic hydroxyl groups excluding tert-OH is 2. The first kappa shape index (κ1) is 15.6. The van der Waals surface area contributed by atoms with E-state index in [1.807, 2.05) is 4.90 Å². The Morgan fingerprint density at radius 1 is 1.14 bits per heavy atom. The summed E-state index contributed by atoms with van der Waals surface area (Å²) in [6, 6.07) is 3.98. The molecule has 1 aliphatic carbocycles. The monoisotopic (exact) mass is 308 g/mol. The van der Waals surface area contributed by atoms with E-state index < -0.39 is 18.3 Å². The molecule has 1 aromatic carbocycles. The third kappa shape index (κ3) is 3.20. The van der Waals surface area contributed by atoms with Gasteiger partial charge in [0.15, 0.2) is 0 Å². The molecular formula is C16H21FN2O3. The zero-order chi connectivity index (χ0) is 15.7. The fraction of sp³-hybridized carbons (Fsp3) is 0.562. The van der Waals surface area contributed by atoms with Gasteiger partial charge in [0.05, 0.1) is 0 Å². The van der Waals surface area contributed by atoms with Crippen LogP contribution in [0.3, 0.4) is 0 Å². The number of nitrogens with zero attached hydrogens (tertiary/aromatic N) is 2. The summed E-state index contributed by atoms with van der Waals surface area (Å²) in [6.07, 6.45) is 1.33. The van der Waals surface area contributed by atoms with Gasteiger partial charge in [-0.3, -0.25) is 14.6 Å².